The van der Waals surface area contributed by atoms with Crippen LogP contribution in [-0.2, 0) is 21.4 Å². The van der Waals surface area contributed by atoms with Gasteiger partial charge >= 0.3 is 0 Å². The Balaban J connectivity index is 1.69. The molecule has 5 heteroatoms. The van der Waals surface area contributed by atoms with Gasteiger partial charge in [-0.25, -0.2) is 8.78 Å². The summed E-state index contributed by atoms with van der Waals surface area (Å²) in [5.74, 6) is -0.812. The van der Waals surface area contributed by atoms with Crippen LogP contribution in [0.2, 0.25) is 0 Å². The van der Waals surface area contributed by atoms with Crippen molar-refractivity contribution in [3.63, 3.8) is 0 Å². The van der Waals surface area contributed by atoms with Gasteiger partial charge in [0, 0.05) is 25.2 Å². The number of carbonyl (C=O) groups excluding carboxylic acids is 1. The topological polar surface area (TPSA) is 38.3 Å². The van der Waals surface area contributed by atoms with Gasteiger partial charge in [-0.05, 0) is 48.2 Å². The minimum Gasteiger partial charge on any atom is -0.381 e. The molecule has 1 N–H and O–H groups in total. The van der Waals surface area contributed by atoms with E-state index < -0.39 is 0 Å². The van der Waals surface area contributed by atoms with Gasteiger partial charge in [-0.1, -0.05) is 24.3 Å². The highest BCUT2D eigenvalue weighted by Gasteiger charge is 2.35. The molecule has 1 fully saturated rings. The maximum absolute atomic E-state index is 13.7. The molecule has 1 saturated heterocycles. The molecule has 0 aliphatic carbocycles. The number of hydrogen-bond acceptors (Lipinski definition) is 2. The second-order valence-corrected chi connectivity index (χ2v) is 6.49. The van der Waals surface area contributed by atoms with Gasteiger partial charge in [0.15, 0.2) is 0 Å². The maximum Gasteiger partial charge on any atom is 0.224 e. The van der Waals surface area contributed by atoms with Gasteiger partial charge in [0.1, 0.15) is 11.6 Å². The lowest BCUT2D eigenvalue weighted by Crippen LogP contribution is -2.45. The summed E-state index contributed by atoms with van der Waals surface area (Å²) < 4.78 is 32.3. The summed E-state index contributed by atoms with van der Waals surface area (Å²) in [5, 5.41) is 2.94. The van der Waals surface area contributed by atoms with Crippen molar-refractivity contribution < 1.29 is 18.3 Å². The van der Waals surface area contributed by atoms with Gasteiger partial charge in [-0.3, -0.25) is 4.79 Å². The quantitative estimate of drug-likeness (QED) is 0.902. The first-order chi connectivity index (χ1) is 12.1. The van der Waals surface area contributed by atoms with Crippen LogP contribution < -0.4 is 5.32 Å². The van der Waals surface area contributed by atoms with E-state index in [1.807, 2.05) is 6.07 Å². The number of halogens is 2. The fraction of sp³-hybridized carbons (Fsp3) is 0.350. The van der Waals surface area contributed by atoms with Gasteiger partial charge in [0.2, 0.25) is 5.91 Å². The van der Waals surface area contributed by atoms with Gasteiger partial charge in [0.05, 0.1) is 6.42 Å². The van der Waals surface area contributed by atoms with Gasteiger partial charge in [0.25, 0.3) is 0 Å². The molecular formula is C20H21F2NO2. The van der Waals surface area contributed by atoms with Crippen molar-refractivity contribution in [3.8, 4) is 0 Å². The minimum absolute atomic E-state index is 0.119. The Morgan fingerprint density at radius 3 is 2.40 bits per heavy atom. The molecule has 2 aromatic rings. The van der Waals surface area contributed by atoms with Crippen LogP contribution in [0.25, 0.3) is 0 Å². The van der Waals surface area contributed by atoms with Crippen LogP contribution in [0.3, 0.4) is 0 Å². The van der Waals surface area contributed by atoms with E-state index in [1.165, 1.54) is 24.3 Å². The van der Waals surface area contributed by atoms with E-state index in [-0.39, 0.29) is 29.4 Å². The Morgan fingerprint density at radius 2 is 1.72 bits per heavy atom. The molecule has 1 aliphatic rings. The number of hydrogen-bond donors (Lipinski definition) is 1. The van der Waals surface area contributed by atoms with Crippen molar-refractivity contribution in [1.82, 2.24) is 5.32 Å². The predicted octanol–water partition coefficient (Wildman–Crippen LogP) is 3.37. The number of amides is 1. The van der Waals surface area contributed by atoms with Crippen LogP contribution in [0.5, 0.6) is 0 Å². The van der Waals surface area contributed by atoms with Gasteiger partial charge in [-0.2, -0.15) is 0 Å². The first kappa shape index (κ1) is 17.5. The van der Waals surface area contributed by atoms with Gasteiger partial charge in [-0.15, -0.1) is 0 Å². The summed E-state index contributed by atoms with van der Waals surface area (Å²) in [4.78, 5) is 12.3. The third-order valence-electron chi connectivity index (χ3n) is 4.76. The molecule has 0 saturated carbocycles. The molecule has 3 rings (SSSR count). The molecule has 2 aromatic carbocycles. The molecule has 0 spiro atoms. The van der Waals surface area contributed by atoms with E-state index in [4.69, 9.17) is 4.74 Å². The van der Waals surface area contributed by atoms with Crippen molar-refractivity contribution in [3.05, 3.63) is 71.3 Å². The Kier molecular flexibility index (Phi) is 5.43. The van der Waals surface area contributed by atoms with E-state index in [1.54, 1.807) is 18.2 Å². The van der Waals surface area contributed by atoms with Crippen LogP contribution in [0.4, 0.5) is 8.78 Å². The first-order valence-corrected chi connectivity index (χ1v) is 8.42. The highest BCUT2D eigenvalue weighted by molar-refractivity contribution is 5.78. The van der Waals surface area contributed by atoms with Crippen molar-refractivity contribution in [2.24, 2.45) is 0 Å². The Labute approximate surface area is 146 Å². The second-order valence-electron chi connectivity index (χ2n) is 6.49. The second kappa shape index (κ2) is 7.74. The molecule has 132 valence electrons. The lowest BCUT2D eigenvalue weighted by Gasteiger charge is -2.38. The van der Waals surface area contributed by atoms with E-state index in [0.29, 0.717) is 25.3 Å². The number of nitrogens with one attached hydrogen (secondary N) is 1. The molecule has 1 aliphatic heterocycles. The van der Waals surface area contributed by atoms with Crippen molar-refractivity contribution in [2.75, 3.05) is 19.8 Å². The number of carbonyl (C=O) groups is 1. The van der Waals surface area contributed by atoms with E-state index in [2.05, 4.69) is 5.32 Å². The zero-order valence-electron chi connectivity index (χ0n) is 13.9. The molecule has 0 bridgehead atoms. The Bertz CT molecular complexity index is 742. The first-order valence-electron chi connectivity index (χ1n) is 8.42. The summed E-state index contributed by atoms with van der Waals surface area (Å²) in [6.45, 7) is 1.57. The maximum atomic E-state index is 13.7. The van der Waals surface area contributed by atoms with E-state index in [9.17, 15) is 13.6 Å². The number of ether oxygens (including phenoxy) is 1. The summed E-state index contributed by atoms with van der Waals surface area (Å²) in [5.41, 5.74) is 1.17. The lowest BCUT2D eigenvalue weighted by atomic mass is 9.74. The smallest absolute Gasteiger partial charge is 0.224 e. The SMILES string of the molecule is O=C(Cc1cccc(F)c1)NCC1(c2cccc(F)c2)CCOCC1. The zero-order valence-corrected chi connectivity index (χ0v) is 13.9. The molecule has 25 heavy (non-hydrogen) atoms. The average molecular weight is 345 g/mol. The van der Waals surface area contributed by atoms with Crippen LogP contribution >= 0.6 is 0 Å². The van der Waals surface area contributed by atoms with E-state index in [0.717, 1.165) is 18.4 Å². The lowest BCUT2D eigenvalue weighted by molar-refractivity contribution is -0.120. The molecule has 0 aromatic heterocycles. The fourth-order valence-electron chi connectivity index (χ4n) is 3.31. The molecule has 0 radical (unpaired) electrons. The highest BCUT2D eigenvalue weighted by atomic mass is 19.1. The predicted molar refractivity (Wildman–Crippen MR) is 91.2 cm³/mol. The summed E-state index contributed by atoms with van der Waals surface area (Å²) in [7, 11) is 0. The minimum atomic E-state index is -0.356. The molecule has 1 amide bonds. The van der Waals surface area contributed by atoms with Crippen molar-refractivity contribution in [2.45, 2.75) is 24.7 Å². The third-order valence-corrected chi connectivity index (χ3v) is 4.76. The van der Waals surface area contributed by atoms with Crippen molar-refractivity contribution >= 4 is 5.91 Å². The van der Waals surface area contributed by atoms with Crippen molar-refractivity contribution in [1.29, 1.82) is 0 Å². The van der Waals surface area contributed by atoms with E-state index >= 15 is 0 Å². The fourth-order valence-corrected chi connectivity index (χ4v) is 3.31. The molecule has 0 atom stereocenters. The van der Waals surface area contributed by atoms with Crippen LogP contribution in [-0.4, -0.2) is 25.7 Å². The van der Waals surface area contributed by atoms with Gasteiger partial charge < -0.3 is 10.1 Å². The largest absolute Gasteiger partial charge is 0.381 e. The number of rotatable bonds is 5. The standard InChI is InChI=1S/C20H21F2NO2/c21-17-5-1-3-15(11-17)12-19(24)23-14-20(7-9-25-10-8-20)16-4-2-6-18(22)13-16/h1-6,11,13H,7-10,12,14H2,(H,23,24). The monoisotopic (exact) mass is 345 g/mol. The third kappa shape index (κ3) is 4.42. The zero-order chi connectivity index (χ0) is 17.7. The summed E-state index contributed by atoms with van der Waals surface area (Å²) in [6, 6.07) is 12.6. The highest BCUT2D eigenvalue weighted by Crippen LogP contribution is 2.34. The molecule has 3 nitrogen and oxygen atoms in total. The van der Waals surface area contributed by atoms with Crippen LogP contribution in [0, 0.1) is 11.6 Å². The van der Waals surface area contributed by atoms with Crippen LogP contribution in [0.1, 0.15) is 24.0 Å². The Morgan fingerprint density at radius 1 is 1.04 bits per heavy atom. The Hall–Kier alpha value is -2.27. The molecule has 1 heterocycles. The van der Waals surface area contributed by atoms with Crippen LogP contribution in [0.15, 0.2) is 48.5 Å². The molecular weight excluding hydrogens is 324 g/mol. The molecule has 0 unspecified atom stereocenters. The number of benzene rings is 2. The summed E-state index contributed by atoms with van der Waals surface area (Å²) >= 11 is 0. The normalized spacial score (nSPS) is 16.4. The average Bonchev–Trinajstić information content (AvgIpc) is 2.61. The summed E-state index contributed by atoms with van der Waals surface area (Å²) in [6.07, 6.45) is 1.56.